The molecular formula is C12H5ClF8. The molecule has 1 aliphatic rings. The van der Waals surface area contributed by atoms with Crippen LogP contribution in [0.2, 0.25) is 0 Å². The van der Waals surface area contributed by atoms with Crippen molar-refractivity contribution in [2.45, 2.75) is 23.7 Å². The molecule has 0 amide bonds. The van der Waals surface area contributed by atoms with Crippen molar-refractivity contribution in [2.24, 2.45) is 0 Å². The number of alkyl halides is 8. The fraction of sp³-hybridized carbons (Fsp3) is 0.333. The van der Waals surface area contributed by atoms with E-state index >= 15 is 0 Å². The minimum absolute atomic E-state index is 0.789. The van der Waals surface area contributed by atoms with Crippen molar-refractivity contribution in [3.63, 3.8) is 0 Å². The Hall–Kier alpha value is -1.31. The number of halogens is 9. The third-order valence-electron chi connectivity index (χ3n) is 3.05. The molecule has 1 aromatic carbocycles. The maximum absolute atomic E-state index is 13.7. The predicted molar refractivity (Wildman–Crippen MR) is 59.0 cm³/mol. The number of rotatable bonds is 1. The van der Waals surface area contributed by atoms with E-state index in [9.17, 15) is 35.1 Å². The quantitative estimate of drug-likeness (QED) is 0.619. The van der Waals surface area contributed by atoms with Gasteiger partial charge in [-0.25, -0.2) is 0 Å². The second kappa shape index (κ2) is 4.34. The fourth-order valence-electron chi connectivity index (χ4n) is 1.90. The van der Waals surface area contributed by atoms with Crippen LogP contribution < -0.4 is 0 Å². The van der Waals surface area contributed by atoms with Gasteiger partial charge in [-0.3, -0.25) is 0 Å². The van der Waals surface area contributed by atoms with E-state index in [4.69, 9.17) is 11.6 Å². The molecular weight excluding hydrogens is 332 g/mol. The van der Waals surface area contributed by atoms with Crippen molar-refractivity contribution in [2.75, 3.05) is 0 Å². The van der Waals surface area contributed by atoms with Crippen molar-refractivity contribution in [3.05, 3.63) is 40.9 Å². The summed E-state index contributed by atoms with van der Waals surface area (Å²) < 4.78 is 107. The van der Waals surface area contributed by atoms with Gasteiger partial charge in [-0.15, -0.1) is 0 Å². The lowest BCUT2D eigenvalue weighted by atomic mass is 9.82. The Morgan fingerprint density at radius 3 is 1.57 bits per heavy atom. The maximum Gasteiger partial charge on any atom is 0.383 e. The molecule has 1 aliphatic carbocycles. The molecule has 0 unspecified atom stereocenters. The Bertz CT molecular complexity index is 591. The van der Waals surface area contributed by atoms with Crippen LogP contribution in [-0.2, 0) is 0 Å². The Labute approximate surface area is 118 Å². The van der Waals surface area contributed by atoms with Crippen LogP contribution in [0, 0.1) is 0 Å². The highest BCUT2D eigenvalue weighted by molar-refractivity contribution is 6.34. The Kier molecular flexibility index (Phi) is 3.32. The van der Waals surface area contributed by atoms with Gasteiger partial charge in [-0.05, 0) is 5.56 Å². The first kappa shape index (κ1) is 16.1. The Morgan fingerprint density at radius 2 is 1.10 bits per heavy atom. The van der Waals surface area contributed by atoms with Crippen molar-refractivity contribution in [1.82, 2.24) is 0 Å². The third-order valence-corrected chi connectivity index (χ3v) is 3.48. The summed E-state index contributed by atoms with van der Waals surface area (Å²) in [7, 11) is 0. The van der Waals surface area contributed by atoms with Gasteiger partial charge in [0.15, 0.2) is 0 Å². The summed E-state index contributed by atoms with van der Waals surface area (Å²) >= 11 is 4.94. The molecule has 0 aliphatic heterocycles. The zero-order valence-corrected chi connectivity index (χ0v) is 10.5. The van der Waals surface area contributed by atoms with E-state index in [0.29, 0.717) is 0 Å². The molecule has 0 saturated carbocycles. The molecule has 0 saturated heterocycles. The van der Waals surface area contributed by atoms with Gasteiger partial charge in [0.1, 0.15) is 5.03 Å². The van der Waals surface area contributed by atoms with E-state index in [2.05, 4.69) is 0 Å². The topological polar surface area (TPSA) is 0 Å². The molecule has 0 atom stereocenters. The second-order valence-electron chi connectivity index (χ2n) is 4.35. The summed E-state index contributed by atoms with van der Waals surface area (Å²) in [6, 6.07) is 5.06. The Morgan fingerprint density at radius 1 is 0.667 bits per heavy atom. The van der Waals surface area contributed by atoms with E-state index in [-0.39, 0.29) is 0 Å². The van der Waals surface area contributed by atoms with Crippen LogP contribution in [0.3, 0.4) is 0 Å². The standard InChI is InChI=1S/C12H5ClF8/c13-8-7(6-4-2-1-3-5-6)9(14,15)11(18,19)12(20,21)10(8,16)17/h1-5H. The minimum Gasteiger partial charge on any atom is -0.194 e. The van der Waals surface area contributed by atoms with Crippen LogP contribution in [0.5, 0.6) is 0 Å². The number of hydrogen-bond donors (Lipinski definition) is 0. The molecule has 21 heavy (non-hydrogen) atoms. The largest absolute Gasteiger partial charge is 0.383 e. The highest BCUT2D eigenvalue weighted by Crippen LogP contribution is 2.64. The number of allylic oxidation sites excluding steroid dienone is 2. The summed E-state index contributed by atoms with van der Waals surface area (Å²) in [6.45, 7) is 0. The van der Waals surface area contributed by atoms with Crippen molar-refractivity contribution in [3.8, 4) is 0 Å². The van der Waals surface area contributed by atoms with Crippen LogP contribution in [0.15, 0.2) is 35.4 Å². The first-order valence-corrected chi connectivity index (χ1v) is 5.74. The summed E-state index contributed by atoms with van der Waals surface area (Å²) in [5.41, 5.74) is -2.80. The molecule has 0 heterocycles. The highest BCUT2D eigenvalue weighted by atomic mass is 35.5. The predicted octanol–water partition coefficient (Wildman–Crippen LogP) is 5.19. The van der Waals surface area contributed by atoms with E-state index in [0.717, 1.165) is 24.3 Å². The Balaban J connectivity index is 2.85. The molecule has 0 radical (unpaired) electrons. The maximum atomic E-state index is 13.7. The molecule has 0 spiro atoms. The van der Waals surface area contributed by atoms with E-state index in [1.165, 1.54) is 6.07 Å². The molecule has 0 N–H and O–H groups in total. The molecule has 0 bridgehead atoms. The van der Waals surface area contributed by atoms with E-state index in [1.54, 1.807) is 0 Å². The van der Waals surface area contributed by atoms with Crippen LogP contribution >= 0.6 is 11.6 Å². The first-order chi connectivity index (χ1) is 9.39. The summed E-state index contributed by atoms with van der Waals surface area (Å²) in [4.78, 5) is 0. The molecule has 1 aromatic rings. The number of hydrogen-bond acceptors (Lipinski definition) is 0. The van der Waals surface area contributed by atoms with Crippen molar-refractivity contribution in [1.29, 1.82) is 0 Å². The fourth-order valence-corrected chi connectivity index (χ4v) is 2.24. The number of benzene rings is 1. The van der Waals surface area contributed by atoms with E-state index < -0.39 is 39.9 Å². The monoisotopic (exact) mass is 336 g/mol. The average Bonchev–Trinajstić information content (AvgIpc) is 2.38. The van der Waals surface area contributed by atoms with Crippen LogP contribution in [-0.4, -0.2) is 23.7 Å². The molecule has 0 fully saturated rings. The smallest absolute Gasteiger partial charge is 0.194 e. The van der Waals surface area contributed by atoms with E-state index in [1.807, 2.05) is 0 Å². The summed E-state index contributed by atoms with van der Waals surface area (Å²) in [5.74, 6) is -23.8. The lowest BCUT2D eigenvalue weighted by molar-refractivity contribution is -0.349. The second-order valence-corrected chi connectivity index (χ2v) is 4.73. The molecule has 9 heteroatoms. The van der Waals surface area contributed by atoms with Gasteiger partial charge in [0.25, 0.3) is 0 Å². The lowest BCUT2D eigenvalue weighted by Crippen LogP contribution is -2.66. The molecule has 2 rings (SSSR count). The van der Waals surface area contributed by atoms with Crippen molar-refractivity contribution < 1.29 is 35.1 Å². The van der Waals surface area contributed by atoms with Gasteiger partial charge >= 0.3 is 23.7 Å². The first-order valence-electron chi connectivity index (χ1n) is 5.36. The van der Waals surface area contributed by atoms with Gasteiger partial charge in [0.05, 0.1) is 5.57 Å². The highest BCUT2D eigenvalue weighted by Gasteiger charge is 2.85. The molecule has 116 valence electrons. The average molecular weight is 337 g/mol. The third kappa shape index (κ3) is 1.81. The zero-order valence-electron chi connectivity index (χ0n) is 9.79. The molecule has 0 nitrogen and oxygen atoms in total. The SMILES string of the molecule is FC1(F)C(Cl)=C(c2ccccc2)C(F)(F)C(F)(F)C1(F)F. The summed E-state index contributed by atoms with van der Waals surface area (Å²) in [6.07, 6.45) is 0. The summed E-state index contributed by atoms with van der Waals surface area (Å²) in [5, 5.41) is -2.30. The van der Waals surface area contributed by atoms with Gasteiger partial charge in [0.2, 0.25) is 0 Å². The van der Waals surface area contributed by atoms with Gasteiger partial charge in [0, 0.05) is 0 Å². The van der Waals surface area contributed by atoms with Gasteiger partial charge < -0.3 is 0 Å². The van der Waals surface area contributed by atoms with Crippen LogP contribution in [0.1, 0.15) is 5.56 Å². The van der Waals surface area contributed by atoms with Gasteiger partial charge in [-0.2, -0.15) is 35.1 Å². The van der Waals surface area contributed by atoms with Crippen molar-refractivity contribution >= 4 is 17.2 Å². The molecule has 0 aromatic heterocycles. The minimum atomic E-state index is -6.32. The van der Waals surface area contributed by atoms with Crippen LogP contribution in [0.25, 0.3) is 5.57 Å². The lowest BCUT2D eigenvalue weighted by Gasteiger charge is -2.42. The van der Waals surface area contributed by atoms with Gasteiger partial charge in [-0.1, -0.05) is 41.9 Å². The normalized spacial score (nSPS) is 25.8. The zero-order chi connectivity index (χ0) is 16.3. The van der Waals surface area contributed by atoms with Crippen LogP contribution in [0.4, 0.5) is 35.1 Å².